The summed E-state index contributed by atoms with van der Waals surface area (Å²) in [5.41, 5.74) is -1.16. The number of methoxy groups -OCH3 is 1. The minimum Gasteiger partial charge on any atom is -0.488 e. The molecule has 1 atom stereocenters. The average molecular weight is 491 g/mol. The van der Waals surface area contributed by atoms with Crippen molar-refractivity contribution < 1.29 is 37.0 Å². The molecule has 0 unspecified atom stereocenters. The number of benzene rings is 2. The molecule has 0 aliphatic heterocycles. The number of Topliss-reactive ketones (excluding diaryl/α,β-unsaturated/α-hetero) is 1. The second-order valence-electron chi connectivity index (χ2n) is 7.77. The predicted octanol–water partition coefficient (Wildman–Crippen LogP) is 5.10. The number of nitrogens with zero attached hydrogens (tertiary/aromatic N) is 2. The molecule has 1 aromatic heterocycles. The number of hydrogen-bond acceptors (Lipinski definition) is 6. The molecule has 8 nitrogen and oxygen atoms in total. The van der Waals surface area contributed by atoms with E-state index in [2.05, 4.69) is 10.4 Å². The number of hydrogen-bond donors (Lipinski definition) is 1. The van der Waals surface area contributed by atoms with Crippen LogP contribution < -0.4 is 14.8 Å². The molecule has 0 aliphatic carbocycles. The topological polar surface area (TPSA) is 91.7 Å². The van der Waals surface area contributed by atoms with Gasteiger partial charge in [-0.2, -0.15) is 18.3 Å². The molecule has 11 heteroatoms. The van der Waals surface area contributed by atoms with Gasteiger partial charge in [0.15, 0.2) is 11.6 Å². The molecule has 35 heavy (non-hydrogen) atoms. The zero-order chi connectivity index (χ0) is 25.8. The van der Waals surface area contributed by atoms with Crippen molar-refractivity contribution in [2.24, 2.45) is 7.05 Å². The number of rotatable bonds is 9. The van der Waals surface area contributed by atoms with E-state index in [0.717, 1.165) is 12.1 Å². The van der Waals surface area contributed by atoms with Gasteiger partial charge in [-0.05, 0) is 44.2 Å². The van der Waals surface area contributed by atoms with Crippen molar-refractivity contribution in [1.82, 2.24) is 9.78 Å². The highest BCUT2D eigenvalue weighted by atomic mass is 19.4. The number of nitrogens with one attached hydrogen (secondary N) is 1. The van der Waals surface area contributed by atoms with Crippen molar-refractivity contribution in [1.29, 1.82) is 0 Å². The van der Waals surface area contributed by atoms with Gasteiger partial charge in [0.2, 0.25) is 0 Å². The maximum Gasteiger partial charge on any atom is 0.420 e. The Balaban J connectivity index is 1.99. The van der Waals surface area contributed by atoms with E-state index >= 15 is 0 Å². The third-order valence-corrected chi connectivity index (χ3v) is 4.76. The summed E-state index contributed by atoms with van der Waals surface area (Å²) in [6.07, 6.45) is -3.55. The molecule has 2 aromatic carbocycles. The monoisotopic (exact) mass is 491 g/mol. The van der Waals surface area contributed by atoms with Gasteiger partial charge >= 0.3 is 6.18 Å². The van der Waals surface area contributed by atoms with E-state index in [-0.39, 0.29) is 29.2 Å². The van der Waals surface area contributed by atoms with Crippen LogP contribution >= 0.6 is 0 Å². The number of alkyl halides is 3. The van der Waals surface area contributed by atoms with Crippen molar-refractivity contribution >= 4 is 17.5 Å². The van der Waals surface area contributed by atoms with Crippen LogP contribution in [0.25, 0.3) is 0 Å². The Morgan fingerprint density at radius 2 is 1.80 bits per heavy atom. The van der Waals surface area contributed by atoms with Crippen LogP contribution in [0.5, 0.6) is 17.2 Å². The first-order valence-electron chi connectivity index (χ1n) is 10.5. The molecule has 186 valence electrons. The van der Waals surface area contributed by atoms with Gasteiger partial charge in [-0.3, -0.25) is 14.3 Å². The van der Waals surface area contributed by atoms with Crippen LogP contribution in [0.4, 0.5) is 19.0 Å². The van der Waals surface area contributed by atoms with Crippen LogP contribution in [0.15, 0.2) is 48.7 Å². The number of amides is 1. The van der Waals surface area contributed by atoms with E-state index in [4.69, 9.17) is 14.2 Å². The maximum absolute atomic E-state index is 13.7. The molecule has 0 saturated carbocycles. The van der Waals surface area contributed by atoms with Gasteiger partial charge in [0.1, 0.15) is 23.4 Å². The standard InChI is InChI=1S/C24H24F3N3O5/c1-14(13-33-4)34-18-9-17(23(32)28-22-7-8-30(3)29-22)10-19(12-18)35-21-6-5-16(15(2)31)11-20(21)24(25,26)27/h5-12,14H,13H2,1-4H3,(H,28,29,32)/t14-/m0/s1. The van der Waals surface area contributed by atoms with E-state index in [1.54, 1.807) is 26.2 Å². The molecule has 0 saturated heterocycles. The Morgan fingerprint density at radius 1 is 1.09 bits per heavy atom. The van der Waals surface area contributed by atoms with Crippen LogP contribution in [-0.2, 0) is 18.0 Å². The zero-order valence-electron chi connectivity index (χ0n) is 19.5. The molecule has 1 heterocycles. The molecular weight excluding hydrogens is 467 g/mol. The molecule has 0 radical (unpaired) electrons. The van der Waals surface area contributed by atoms with Crippen LogP contribution in [0, 0.1) is 0 Å². The fourth-order valence-electron chi connectivity index (χ4n) is 3.19. The van der Waals surface area contributed by atoms with Crippen LogP contribution in [0.1, 0.15) is 40.1 Å². The lowest BCUT2D eigenvalue weighted by Gasteiger charge is -2.18. The fraction of sp³-hybridized carbons (Fsp3) is 0.292. The summed E-state index contributed by atoms with van der Waals surface area (Å²) in [5.74, 6) is -1.20. The Labute approximate surface area is 199 Å². The Hall–Kier alpha value is -3.86. The average Bonchev–Trinajstić information content (AvgIpc) is 3.17. The van der Waals surface area contributed by atoms with Gasteiger partial charge in [-0.1, -0.05) is 0 Å². The molecule has 0 bridgehead atoms. The number of ketones is 1. The number of carbonyl (C=O) groups is 2. The Bertz CT molecular complexity index is 1220. The highest BCUT2D eigenvalue weighted by Gasteiger charge is 2.35. The summed E-state index contributed by atoms with van der Waals surface area (Å²) in [5, 5.41) is 6.68. The lowest BCUT2D eigenvalue weighted by Crippen LogP contribution is -2.19. The fourth-order valence-corrected chi connectivity index (χ4v) is 3.19. The third-order valence-electron chi connectivity index (χ3n) is 4.76. The Kier molecular flexibility index (Phi) is 7.80. The van der Waals surface area contributed by atoms with Crippen molar-refractivity contribution in [3.8, 4) is 17.2 Å². The van der Waals surface area contributed by atoms with E-state index < -0.39 is 35.3 Å². The summed E-state index contributed by atoms with van der Waals surface area (Å²) in [4.78, 5) is 24.4. The van der Waals surface area contributed by atoms with Gasteiger partial charge in [0.05, 0.1) is 12.2 Å². The molecule has 0 spiro atoms. The van der Waals surface area contributed by atoms with Crippen LogP contribution in [0.3, 0.4) is 0 Å². The van der Waals surface area contributed by atoms with Crippen molar-refractivity contribution in [2.75, 3.05) is 19.0 Å². The van der Waals surface area contributed by atoms with Crippen LogP contribution in [0.2, 0.25) is 0 Å². The molecule has 1 amide bonds. The number of carbonyl (C=O) groups excluding carboxylic acids is 2. The molecule has 3 aromatic rings. The largest absolute Gasteiger partial charge is 0.488 e. The van der Waals surface area contributed by atoms with Gasteiger partial charge in [0, 0.05) is 43.6 Å². The number of aryl methyl sites for hydroxylation is 1. The second kappa shape index (κ2) is 10.6. The first-order chi connectivity index (χ1) is 16.5. The number of anilines is 1. The van der Waals surface area contributed by atoms with Gasteiger partial charge in [-0.25, -0.2) is 0 Å². The van der Waals surface area contributed by atoms with Crippen molar-refractivity contribution in [2.45, 2.75) is 26.1 Å². The number of halogens is 3. The number of ether oxygens (including phenoxy) is 3. The van der Waals surface area contributed by atoms with Crippen LogP contribution in [-0.4, -0.2) is 41.3 Å². The van der Waals surface area contributed by atoms with E-state index in [0.29, 0.717) is 5.82 Å². The highest BCUT2D eigenvalue weighted by molar-refractivity contribution is 6.04. The predicted molar refractivity (Wildman–Crippen MR) is 121 cm³/mol. The van der Waals surface area contributed by atoms with Gasteiger partial charge in [0.25, 0.3) is 5.91 Å². The molecular formula is C24H24F3N3O5. The molecule has 0 fully saturated rings. The van der Waals surface area contributed by atoms with E-state index in [1.807, 2.05) is 0 Å². The van der Waals surface area contributed by atoms with Crippen molar-refractivity contribution in [3.05, 3.63) is 65.4 Å². The van der Waals surface area contributed by atoms with Crippen molar-refractivity contribution in [3.63, 3.8) is 0 Å². The smallest absolute Gasteiger partial charge is 0.420 e. The molecule has 0 aliphatic rings. The zero-order valence-corrected chi connectivity index (χ0v) is 19.5. The van der Waals surface area contributed by atoms with E-state index in [1.165, 1.54) is 43.0 Å². The third kappa shape index (κ3) is 6.82. The normalized spacial score (nSPS) is 12.2. The minimum absolute atomic E-state index is 0.0700. The molecule has 3 rings (SSSR count). The summed E-state index contributed by atoms with van der Waals surface area (Å²) in [7, 11) is 3.18. The van der Waals surface area contributed by atoms with Gasteiger partial charge in [-0.15, -0.1) is 0 Å². The summed E-state index contributed by atoms with van der Waals surface area (Å²) < 4.78 is 58.9. The summed E-state index contributed by atoms with van der Waals surface area (Å²) in [6.45, 7) is 3.14. The molecule has 1 N–H and O–H groups in total. The lowest BCUT2D eigenvalue weighted by atomic mass is 10.1. The lowest BCUT2D eigenvalue weighted by molar-refractivity contribution is -0.138. The summed E-state index contributed by atoms with van der Waals surface area (Å²) in [6, 6.07) is 8.70. The number of aromatic nitrogens is 2. The maximum atomic E-state index is 13.7. The first kappa shape index (κ1) is 25.8. The SMILES string of the molecule is COC[C@H](C)Oc1cc(Oc2ccc(C(C)=O)cc2C(F)(F)F)cc(C(=O)Nc2ccn(C)n2)c1. The highest BCUT2D eigenvalue weighted by Crippen LogP contribution is 2.39. The van der Waals surface area contributed by atoms with E-state index in [9.17, 15) is 22.8 Å². The summed E-state index contributed by atoms with van der Waals surface area (Å²) >= 11 is 0. The quantitative estimate of drug-likeness (QED) is 0.419. The minimum atomic E-state index is -4.78. The first-order valence-corrected chi connectivity index (χ1v) is 10.5. The Morgan fingerprint density at radius 3 is 2.40 bits per heavy atom. The second-order valence-corrected chi connectivity index (χ2v) is 7.77. The van der Waals surface area contributed by atoms with Gasteiger partial charge < -0.3 is 19.5 Å².